The van der Waals surface area contributed by atoms with E-state index in [1.807, 2.05) is 31.4 Å². The Morgan fingerprint density at radius 2 is 2.19 bits per heavy atom. The topological polar surface area (TPSA) is 85.4 Å². The summed E-state index contributed by atoms with van der Waals surface area (Å²) in [5, 5.41) is 12.6. The van der Waals surface area contributed by atoms with Gasteiger partial charge in [-0.05, 0) is 30.9 Å². The smallest absolute Gasteiger partial charge is 0.185 e. The van der Waals surface area contributed by atoms with Gasteiger partial charge in [0, 0.05) is 35.3 Å². The fraction of sp³-hybridized carbons (Fsp3) is 0.250. The van der Waals surface area contributed by atoms with Gasteiger partial charge in [-0.1, -0.05) is 18.2 Å². The van der Waals surface area contributed by atoms with Crippen LogP contribution in [0.4, 0.5) is 4.39 Å². The van der Waals surface area contributed by atoms with E-state index < -0.39 is 5.79 Å². The number of H-pyrrole nitrogens is 1. The zero-order chi connectivity index (χ0) is 18.6. The van der Waals surface area contributed by atoms with Crippen molar-refractivity contribution in [2.24, 2.45) is 12.8 Å². The molecule has 0 saturated heterocycles. The minimum absolute atomic E-state index is 0.350. The molecule has 1 unspecified atom stereocenters. The molecule has 6 nitrogen and oxygen atoms in total. The molecule has 5 rings (SSSR count). The molecular weight excluding hydrogens is 343 g/mol. The Morgan fingerprint density at radius 1 is 1.30 bits per heavy atom. The first-order valence-corrected chi connectivity index (χ1v) is 8.96. The molecule has 1 aliphatic rings. The molecule has 1 atom stereocenters. The summed E-state index contributed by atoms with van der Waals surface area (Å²) in [6, 6.07) is 7.62. The minimum Gasteiger partial charge on any atom is -0.295 e. The van der Waals surface area contributed by atoms with E-state index in [2.05, 4.69) is 20.3 Å². The average molecular weight is 362 g/mol. The van der Waals surface area contributed by atoms with Crippen LogP contribution in [0.15, 0.2) is 42.9 Å². The van der Waals surface area contributed by atoms with Crippen molar-refractivity contribution in [3.8, 4) is 22.5 Å². The lowest BCUT2D eigenvalue weighted by Crippen LogP contribution is -2.35. The van der Waals surface area contributed by atoms with Gasteiger partial charge in [-0.2, -0.15) is 10.2 Å². The molecule has 0 amide bonds. The summed E-state index contributed by atoms with van der Waals surface area (Å²) in [6.07, 6.45) is 7.35. The molecule has 0 radical (unpaired) electrons. The first-order chi connectivity index (χ1) is 13.0. The van der Waals surface area contributed by atoms with E-state index in [1.54, 1.807) is 23.1 Å². The molecule has 0 saturated carbocycles. The number of nitrogens with two attached hydrogens (primary N) is 1. The first kappa shape index (κ1) is 16.1. The molecule has 3 heterocycles. The van der Waals surface area contributed by atoms with Gasteiger partial charge in [-0.25, -0.2) is 4.39 Å². The normalized spacial score (nSPS) is 19.4. The highest BCUT2D eigenvalue weighted by molar-refractivity contribution is 5.94. The number of alkyl halides is 1. The third-order valence-corrected chi connectivity index (χ3v) is 5.29. The Labute approximate surface area is 155 Å². The minimum atomic E-state index is -1.77. The van der Waals surface area contributed by atoms with E-state index in [9.17, 15) is 4.39 Å². The van der Waals surface area contributed by atoms with Crippen LogP contribution in [0.5, 0.6) is 0 Å². The molecule has 27 heavy (non-hydrogen) atoms. The van der Waals surface area contributed by atoms with E-state index in [0.717, 1.165) is 51.8 Å². The number of nitrogens with zero attached hydrogens (tertiary/aromatic N) is 4. The Kier molecular flexibility index (Phi) is 3.42. The molecule has 136 valence electrons. The molecule has 7 heteroatoms. The third kappa shape index (κ3) is 2.54. The van der Waals surface area contributed by atoms with Gasteiger partial charge < -0.3 is 0 Å². The summed E-state index contributed by atoms with van der Waals surface area (Å²) in [7, 11) is 1.87. The largest absolute Gasteiger partial charge is 0.295 e. The van der Waals surface area contributed by atoms with Crippen molar-refractivity contribution in [2.75, 3.05) is 0 Å². The number of benzene rings is 1. The van der Waals surface area contributed by atoms with Gasteiger partial charge in [0.2, 0.25) is 0 Å². The fourth-order valence-corrected chi connectivity index (χ4v) is 3.97. The maximum absolute atomic E-state index is 14.8. The van der Waals surface area contributed by atoms with Gasteiger partial charge in [0.15, 0.2) is 5.79 Å². The number of nitrogens with one attached hydrogen (secondary N) is 1. The number of aryl methyl sites for hydroxylation is 1. The molecular formula is C20H19FN6. The lowest BCUT2D eigenvalue weighted by molar-refractivity contribution is 0.146. The van der Waals surface area contributed by atoms with Crippen molar-refractivity contribution in [2.45, 2.75) is 25.1 Å². The summed E-state index contributed by atoms with van der Waals surface area (Å²) >= 11 is 0. The van der Waals surface area contributed by atoms with E-state index >= 15 is 0 Å². The number of rotatable bonds is 2. The van der Waals surface area contributed by atoms with E-state index in [-0.39, 0.29) is 0 Å². The fourth-order valence-electron chi connectivity index (χ4n) is 3.97. The van der Waals surface area contributed by atoms with Crippen LogP contribution in [0, 0.1) is 0 Å². The highest BCUT2D eigenvalue weighted by Crippen LogP contribution is 2.39. The van der Waals surface area contributed by atoms with Crippen molar-refractivity contribution in [1.29, 1.82) is 0 Å². The van der Waals surface area contributed by atoms with Gasteiger partial charge in [0.1, 0.15) is 5.69 Å². The molecule has 0 fully saturated rings. The number of fused-ring (bicyclic) bond motifs is 2. The SMILES string of the molecule is Cn1cc(-c2n[nH]c3cnc(-c4cccc5c4CCCC5(N)F)cc23)cn1. The van der Waals surface area contributed by atoms with E-state index in [1.165, 1.54) is 0 Å². The third-order valence-electron chi connectivity index (χ3n) is 5.29. The molecule has 1 aliphatic carbocycles. The maximum Gasteiger partial charge on any atom is 0.185 e. The van der Waals surface area contributed by atoms with Crippen LogP contribution in [-0.2, 0) is 19.3 Å². The number of hydrogen-bond acceptors (Lipinski definition) is 4. The summed E-state index contributed by atoms with van der Waals surface area (Å²) in [4.78, 5) is 4.59. The maximum atomic E-state index is 14.8. The lowest BCUT2D eigenvalue weighted by Gasteiger charge is -2.29. The van der Waals surface area contributed by atoms with Crippen LogP contribution < -0.4 is 5.73 Å². The number of aromatic nitrogens is 5. The van der Waals surface area contributed by atoms with Crippen molar-refractivity contribution < 1.29 is 4.39 Å². The predicted molar refractivity (Wildman–Crippen MR) is 101 cm³/mol. The highest BCUT2D eigenvalue weighted by Gasteiger charge is 2.33. The Balaban J connectivity index is 1.69. The summed E-state index contributed by atoms with van der Waals surface area (Å²) in [6.45, 7) is 0. The number of hydrogen-bond donors (Lipinski definition) is 2. The molecule has 0 spiro atoms. The Bertz CT molecular complexity index is 1160. The van der Waals surface area contributed by atoms with Crippen LogP contribution >= 0.6 is 0 Å². The average Bonchev–Trinajstić information content (AvgIpc) is 3.26. The van der Waals surface area contributed by atoms with Gasteiger partial charge in [0.25, 0.3) is 0 Å². The van der Waals surface area contributed by atoms with E-state index in [0.29, 0.717) is 12.0 Å². The Hall–Kier alpha value is -3.06. The summed E-state index contributed by atoms with van der Waals surface area (Å²) in [5.74, 6) is -1.77. The zero-order valence-corrected chi connectivity index (χ0v) is 14.9. The van der Waals surface area contributed by atoms with Crippen LogP contribution in [0.1, 0.15) is 24.0 Å². The zero-order valence-electron chi connectivity index (χ0n) is 14.9. The number of aromatic amines is 1. The summed E-state index contributed by atoms with van der Waals surface area (Å²) in [5.41, 5.74) is 11.8. The van der Waals surface area contributed by atoms with Crippen molar-refractivity contribution in [1.82, 2.24) is 25.0 Å². The lowest BCUT2D eigenvalue weighted by atomic mass is 9.83. The molecule has 1 aromatic carbocycles. The number of pyridine rings is 1. The molecule has 4 aromatic rings. The van der Waals surface area contributed by atoms with Crippen LogP contribution in [0.25, 0.3) is 33.4 Å². The van der Waals surface area contributed by atoms with Crippen molar-refractivity contribution >= 4 is 10.9 Å². The Morgan fingerprint density at radius 3 is 3.00 bits per heavy atom. The van der Waals surface area contributed by atoms with Gasteiger partial charge >= 0.3 is 0 Å². The number of halogens is 1. The van der Waals surface area contributed by atoms with Gasteiger partial charge in [-0.15, -0.1) is 0 Å². The first-order valence-electron chi connectivity index (χ1n) is 8.96. The second-order valence-corrected chi connectivity index (χ2v) is 7.14. The van der Waals surface area contributed by atoms with Gasteiger partial charge in [-0.3, -0.25) is 20.5 Å². The predicted octanol–water partition coefficient (Wildman–Crippen LogP) is 3.44. The second kappa shape index (κ2) is 5.72. The standard InChI is InChI=1S/C20H19FN6/c1-27-11-12(9-24-27)19-15-8-17(23-10-18(15)25-26-19)14-4-2-6-16-13(14)5-3-7-20(16,21)22/h2,4,6,8-11H,3,5,7,22H2,1H3,(H,25,26). The molecule has 0 bridgehead atoms. The molecule has 0 aliphatic heterocycles. The van der Waals surface area contributed by atoms with Crippen molar-refractivity contribution in [3.05, 3.63) is 54.0 Å². The second-order valence-electron chi connectivity index (χ2n) is 7.14. The quantitative estimate of drug-likeness (QED) is 0.535. The molecule has 3 aromatic heterocycles. The van der Waals surface area contributed by atoms with Crippen molar-refractivity contribution in [3.63, 3.8) is 0 Å². The monoisotopic (exact) mass is 362 g/mol. The van der Waals surface area contributed by atoms with E-state index in [4.69, 9.17) is 5.73 Å². The van der Waals surface area contributed by atoms with Gasteiger partial charge in [0.05, 0.1) is 23.6 Å². The van der Waals surface area contributed by atoms with Crippen LogP contribution in [-0.4, -0.2) is 25.0 Å². The van der Waals surface area contributed by atoms with Crippen LogP contribution in [0.3, 0.4) is 0 Å². The molecule has 3 N–H and O–H groups in total. The highest BCUT2D eigenvalue weighted by atomic mass is 19.1. The summed E-state index contributed by atoms with van der Waals surface area (Å²) < 4.78 is 16.5. The van der Waals surface area contributed by atoms with Crippen LogP contribution in [0.2, 0.25) is 0 Å².